The second-order valence-corrected chi connectivity index (χ2v) is 7.96. The second kappa shape index (κ2) is 8.23. The van der Waals surface area contributed by atoms with Crippen LogP contribution in [-0.2, 0) is 11.2 Å². The average molecular weight is 409 g/mol. The van der Waals surface area contributed by atoms with Gasteiger partial charge in [0.25, 0.3) is 0 Å². The molecule has 1 aromatic carbocycles. The van der Waals surface area contributed by atoms with Crippen LogP contribution in [0.5, 0.6) is 0 Å². The number of rotatable bonds is 7. The van der Waals surface area contributed by atoms with E-state index in [0.29, 0.717) is 17.4 Å². The van der Waals surface area contributed by atoms with Crippen molar-refractivity contribution in [3.63, 3.8) is 0 Å². The number of aryl methyl sites for hydroxylation is 1. The Labute approximate surface area is 164 Å². The lowest BCUT2D eigenvalue weighted by molar-refractivity contribution is -0.137. The highest BCUT2D eigenvalue weighted by atomic mass is 35.5. The summed E-state index contributed by atoms with van der Waals surface area (Å²) in [5.74, 6) is -1.39. The molecule has 3 aromatic rings. The Hall–Kier alpha value is -2.18. The SMILES string of the molecule is Cc1c(Cl)cc2cc(-c3ccc(CCCCCC(=O)O)s3)c(=O)oc2c1F. The van der Waals surface area contributed by atoms with Crippen LogP contribution in [0.2, 0.25) is 5.02 Å². The number of hydrogen-bond acceptors (Lipinski definition) is 4. The standard InChI is InChI=1S/C20H18ClFO4S/c1-11-15(21)10-12-9-14(20(25)26-19(12)18(11)22)16-8-7-13(27-16)5-3-2-4-6-17(23)24/h7-10H,2-6H2,1H3,(H,23,24). The van der Waals surface area contributed by atoms with Crippen molar-refractivity contribution in [2.45, 2.75) is 39.0 Å². The van der Waals surface area contributed by atoms with Crippen LogP contribution < -0.4 is 5.63 Å². The summed E-state index contributed by atoms with van der Waals surface area (Å²) in [6.07, 6.45) is 3.40. The van der Waals surface area contributed by atoms with Crippen molar-refractivity contribution in [1.82, 2.24) is 0 Å². The van der Waals surface area contributed by atoms with Gasteiger partial charge in [-0.2, -0.15) is 0 Å². The number of halogens is 2. The van der Waals surface area contributed by atoms with E-state index in [1.165, 1.54) is 18.3 Å². The second-order valence-electron chi connectivity index (χ2n) is 6.38. The third kappa shape index (κ3) is 4.39. The Balaban J connectivity index is 1.81. The van der Waals surface area contributed by atoms with Crippen LogP contribution in [0.3, 0.4) is 0 Å². The van der Waals surface area contributed by atoms with Gasteiger partial charge in [0.1, 0.15) is 0 Å². The summed E-state index contributed by atoms with van der Waals surface area (Å²) in [5, 5.41) is 9.37. The average Bonchev–Trinajstić information content (AvgIpc) is 3.08. The summed E-state index contributed by atoms with van der Waals surface area (Å²) in [7, 11) is 0. The fourth-order valence-corrected chi connectivity index (χ4v) is 4.12. The number of carboxylic acid groups (broad SMARTS) is 1. The molecule has 0 atom stereocenters. The third-order valence-electron chi connectivity index (χ3n) is 4.39. The molecule has 0 aliphatic rings. The van der Waals surface area contributed by atoms with Gasteiger partial charge in [-0.25, -0.2) is 9.18 Å². The summed E-state index contributed by atoms with van der Waals surface area (Å²) in [6, 6.07) is 7.00. The number of hydrogen-bond donors (Lipinski definition) is 1. The van der Waals surface area contributed by atoms with Crippen molar-refractivity contribution in [1.29, 1.82) is 0 Å². The molecule has 0 aliphatic heterocycles. The highest BCUT2D eigenvalue weighted by molar-refractivity contribution is 7.15. The van der Waals surface area contributed by atoms with E-state index >= 15 is 0 Å². The number of fused-ring (bicyclic) bond motifs is 1. The lowest BCUT2D eigenvalue weighted by atomic mass is 10.1. The van der Waals surface area contributed by atoms with Crippen molar-refractivity contribution in [3.05, 3.63) is 56.0 Å². The minimum Gasteiger partial charge on any atom is -0.481 e. The molecule has 27 heavy (non-hydrogen) atoms. The molecule has 0 saturated heterocycles. The van der Waals surface area contributed by atoms with E-state index in [2.05, 4.69) is 0 Å². The van der Waals surface area contributed by atoms with Crippen LogP contribution in [-0.4, -0.2) is 11.1 Å². The summed E-state index contributed by atoms with van der Waals surface area (Å²) in [6.45, 7) is 1.53. The molecule has 0 unspecified atom stereocenters. The molecule has 0 aliphatic carbocycles. The van der Waals surface area contributed by atoms with Gasteiger partial charge in [-0.1, -0.05) is 18.0 Å². The Morgan fingerprint density at radius 3 is 2.78 bits per heavy atom. The first kappa shape index (κ1) is 19.6. The number of carboxylic acids is 1. The van der Waals surface area contributed by atoms with Crippen molar-refractivity contribution in [3.8, 4) is 10.4 Å². The van der Waals surface area contributed by atoms with Gasteiger partial charge in [0.2, 0.25) is 0 Å². The Morgan fingerprint density at radius 1 is 1.26 bits per heavy atom. The van der Waals surface area contributed by atoms with Crippen molar-refractivity contribution >= 4 is 39.9 Å². The molecule has 2 aromatic heterocycles. The van der Waals surface area contributed by atoms with Gasteiger partial charge in [-0.15, -0.1) is 11.3 Å². The van der Waals surface area contributed by atoms with Gasteiger partial charge in [-0.3, -0.25) is 4.79 Å². The topological polar surface area (TPSA) is 67.5 Å². The van der Waals surface area contributed by atoms with Gasteiger partial charge < -0.3 is 9.52 Å². The van der Waals surface area contributed by atoms with E-state index in [1.54, 1.807) is 12.1 Å². The van der Waals surface area contributed by atoms with Crippen LogP contribution in [0, 0.1) is 12.7 Å². The molecule has 2 heterocycles. The van der Waals surface area contributed by atoms with Gasteiger partial charge in [0, 0.05) is 32.1 Å². The van der Waals surface area contributed by atoms with Crippen molar-refractivity contribution < 1.29 is 18.7 Å². The first-order valence-electron chi connectivity index (χ1n) is 8.60. The van der Waals surface area contributed by atoms with E-state index in [9.17, 15) is 14.0 Å². The lowest BCUT2D eigenvalue weighted by Crippen LogP contribution is -2.03. The molecule has 142 valence electrons. The zero-order valence-corrected chi connectivity index (χ0v) is 16.3. The molecule has 1 N–H and O–H groups in total. The molecule has 0 spiro atoms. The molecule has 3 rings (SSSR count). The molecule has 0 amide bonds. The number of carbonyl (C=O) groups is 1. The van der Waals surface area contributed by atoms with Gasteiger partial charge >= 0.3 is 11.6 Å². The smallest absolute Gasteiger partial charge is 0.345 e. The molecule has 0 fully saturated rings. The zero-order valence-electron chi connectivity index (χ0n) is 14.7. The largest absolute Gasteiger partial charge is 0.481 e. The molecule has 0 radical (unpaired) electrons. The Kier molecular flexibility index (Phi) is 5.97. The van der Waals surface area contributed by atoms with Gasteiger partial charge in [0.05, 0.1) is 5.56 Å². The van der Waals surface area contributed by atoms with Crippen molar-refractivity contribution in [2.24, 2.45) is 0 Å². The van der Waals surface area contributed by atoms with E-state index in [-0.39, 0.29) is 22.6 Å². The van der Waals surface area contributed by atoms with Gasteiger partial charge in [0.15, 0.2) is 11.4 Å². The van der Waals surface area contributed by atoms with Crippen LogP contribution in [0.4, 0.5) is 4.39 Å². The van der Waals surface area contributed by atoms with Crippen LogP contribution in [0.1, 0.15) is 36.1 Å². The first-order chi connectivity index (χ1) is 12.9. The first-order valence-corrected chi connectivity index (χ1v) is 9.79. The number of aliphatic carboxylic acids is 1. The maximum absolute atomic E-state index is 14.3. The number of unbranched alkanes of at least 4 members (excludes halogenated alkanes) is 2. The molecular weight excluding hydrogens is 391 g/mol. The summed E-state index contributed by atoms with van der Waals surface area (Å²) >= 11 is 7.53. The monoisotopic (exact) mass is 408 g/mol. The molecular formula is C20H18ClFO4S. The fraction of sp³-hybridized carbons (Fsp3) is 0.300. The van der Waals surface area contributed by atoms with Gasteiger partial charge in [-0.05, 0) is 50.5 Å². The van der Waals surface area contributed by atoms with Crippen LogP contribution in [0.15, 0.2) is 33.5 Å². The predicted octanol–water partition coefficient (Wildman–Crippen LogP) is 5.81. The Bertz CT molecular complexity index is 1050. The Morgan fingerprint density at radius 2 is 2.04 bits per heavy atom. The van der Waals surface area contributed by atoms with E-state index in [1.807, 2.05) is 12.1 Å². The predicted molar refractivity (Wildman–Crippen MR) is 105 cm³/mol. The number of benzene rings is 1. The van der Waals surface area contributed by atoms with Crippen molar-refractivity contribution in [2.75, 3.05) is 0 Å². The third-order valence-corrected chi connectivity index (χ3v) is 5.96. The van der Waals surface area contributed by atoms with E-state index in [0.717, 1.165) is 29.0 Å². The summed E-state index contributed by atoms with van der Waals surface area (Å²) < 4.78 is 19.5. The number of thiophene rings is 1. The summed E-state index contributed by atoms with van der Waals surface area (Å²) in [5.41, 5.74) is -0.0378. The van der Waals surface area contributed by atoms with E-state index in [4.69, 9.17) is 21.1 Å². The maximum atomic E-state index is 14.3. The molecule has 4 nitrogen and oxygen atoms in total. The maximum Gasteiger partial charge on any atom is 0.345 e. The fourth-order valence-electron chi connectivity index (χ4n) is 2.87. The molecule has 0 bridgehead atoms. The normalized spacial score (nSPS) is 11.2. The lowest BCUT2D eigenvalue weighted by Gasteiger charge is -2.05. The molecule has 0 saturated carbocycles. The highest BCUT2D eigenvalue weighted by Crippen LogP contribution is 2.32. The minimum absolute atomic E-state index is 0.0825. The minimum atomic E-state index is -0.775. The quantitative estimate of drug-likeness (QED) is 0.395. The van der Waals surface area contributed by atoms with Crippen LogP contribution >= 0.6 is 22.9 Å². The highest BCUT2D eigenvalue weighted by Gasteiger charge is 2.16. The van der Waals surface area contributed by atoms with Crippen LogP contribution in [0.25, 0.3) is 21.4 Å². The zero-order chi connectivity index (χ0) is 19.6. The molecule has 7 heteroatoms. The summed E-state index contributed by atoms with van der Waals surface area (Å²) in [4.78, 5) is 24.7. The van der Waals surface area contributed by atoms with E-state index < -0.39 is 17.4 Å².